The Morgan fingerprint density at radius 1 is 0.935 bits per heavy atom. The van der Waals surface area contributed by atoms with E-state index in [9.17, 15) is 13.2 Å². The molecular formula is C23H24N2O5S. The molecule has 1 amide bonds. The van der Waals surface area contributed by atoms with Crippen LogP contribution in [0, 0.1) is 0 Å². The lowest BCUT2D eigenvalue weighted by molar-refractivity contribution is -0.118. The summed E-state index contributed by atoms with van der Waals surface area (Å²) in [5.74, 6) is 0.639. The molecule has 0 spiro atoms. The van der Waals surface area contributed by atoms with Gasteiger partial charge in [-0.25, -0.2) is 8.42 Å². The van der Waals surface area contributed by atoms with Gasteiger partial charge < -0.3 is 14.8 Å². The molecule has 31 heavy (non-hydrogen) atoms. The molecule has 0 radical (unpaired) electrons. The van der Waals surface area contributed by atoms with Gasteiger partial charge in [-0.1, -0.05) is 31.2 Å². The Bertz CT molecular complexity index is 1140. The second-order valence-electron chi connectivity index (χ2n) is 6.66. The molecule has 0 unspecified atom stereocenters. The van der Waals surface area contributed by atoms with E-state index in [1.807, 2.05) is 31.2 Å². The molecule has 2 N–H and O–H groups in total. The zero-order valence-electron chi connectivity index (χ0n) is 17.3. The molecule has 162 valence electrons. The van der Waals surface area contributed by atoms with E-state index in [0.29, 0.717) is 17.2 Å². The van der Waals surface area contributed by atoms with Crippen molar-refractivity contribution in [2.45, 2.75) is 18.2 Å². The number of nitrogens with one attached hydrogen (secondary N) is 2. The second-order valence-corrected chi connectivity index (χ2v) is 8.34. The van der Waals surface area contributed by atoms with Crippen LogP contribution in [-0.2, 0) is 21.2 Å². The number of carbonyl (C=O) groups is 1. The average Bonchev–Trinajstić information content (AvgIpc) is 2.78. The molecule has 0 atom stereocenters. The zero-order valence-corrected chi connectivity index (χ0v) is 18.1. The summed E-state index contributed by atoms with van der Waals surface area (Å²) in [7, 11) is -2.27. The van der Waals surface area contributed by atoms with E-state index < -0.39 is 10.0 Å². The highest BCUT2D eigenvalue weighted by Gasteiger charge is 2.15. The van der Waals surface area contributed by atoms with Crippen molar-refractivity contribution in [3.63, 3.8) is 0 Å². The summed E-state index contributed by atoms with van der Waals surface area (Å²) < 4.78 is 38.3. The Balaban J connectivity index is 1.59. The van der Waals surface area contributed by atoms with Crippen molar-refractivity contribution in [1.82, 2.24) is 0 Å². The highest BCUT2D eigenvalue weighted by molar-refractivity contribution is 7.92. The van der Waals surface area contributed by atoms with Gasteiger partial charge in [-0.2, -0.15) is 0 Å². The SMILES string of the molecule is CCc1ccccc1NC(=O)COc1ccc(S(=O)(=O)Nc2cccc(OC)c2)cc1. The quantitative estimate of drug-likeness (QED) is 0.523. The van der Waals surface area contributed by atoms with Gasteiger partial charge in [0.25, 0.3) is 15.9 Å². The van der Waals surface area contributed by atoms with Crippen LogP contribution in [0.3, 0.4) is 0 Å². The summed E-state index contributed by atoms with van der Waals surface area (Å²) >= 11 is 0. The molecule has 0 aromatic heterocycles. The van der Waals surface area contributed by atoms with Crippen molar-refractivity contribution in [3.05, 3.63) is 78.4 Å². The summed E-state index contributed by atoms with van der Waals surface area (Å²) in [6.45, 7) is 1.83. The maximum Gasteiger partial charge on any atom is 0.262 e. The number of methoxy groups -OCH3 is 1. The van der Waals surface area contributed by atoms with Crippen LogP contribution in [0.1, 0.15) is 12.5 Å². The molecule has 0 fully saturated rings. The van der Waals surface area contributed by atoms with Crippen molar-refractivity contribution < 1.29 is 22.7 Å². The van der Waals surface area contributed by atoms with E-state index in [2.05, 4.69) is 10.0 Å². The van der Waals surface area contributed by atoms with Gasteiger partial charge in [0.05, 0.1) is 17.7 Å². The number of anilines is 2. The maximum absolute atomic E-state index is 12.6. The first kappa shape index (κ1) is 22.2. The summed E-state index contributed by atoms with van der Waals surface area (Å²) in [5.41, 5.74) is 2.18. The van der Waals surface area contributed by atoms with Crippen LogP contribution < -0.4 is 19.5 Å². The molecule has 0 saturated carbocycles. The van der Waals surface area contributed by atoms with E-state index in [4.69, 9.17) is 9.47 Å². The Hall–Kier alpha value is -3.52. The minimum atomic E-state index is -3.78. The number of rotatable bonds is 9. The van der Waals surface area contributed by atoms with Crippen molar-refractivity contribution in [1.29, 1.82) is 0 Å². The summed E-state index contributed by atoms with van der Waals surface area (Å²) in [6.07, 6.45) is 0.803. The van der Waals surface area contributed by atoms with Crippen LogP contribution in [-0.4, -0.2) is 28.0 Å². The fourth-order valence-electron chi connectivity index (χ4n) is 2.90. The monoisotopic (exact) mass is 440 g/mol. The minimum absolute atomic E-state index is 0.0731. The molecule has 8 heteroatoms. The Morgan fingerprint density at radius 2 is 1.68 bits per heavy atom. The fraction of sp³-hybridized carbons (Fsp3) is 0.174. The lowest BCUT2D eigenvalue weighted by atomic mass is 10.1. The molecule has 0 bridgehead atoms. The standard InChI is InChI=1S/C23H24N2O5S/c1-3-17-7-4-5-10-22(17)24-23(26)16-30-19-11-13-21(14-12-19)31(27,28)25-18-8-6-9-20(15-18)29-2/h4-15,25H,3,16H2,1-2H3,(H,24,26). The Morgan fingerprint density at radius 3 is 2.39 bits per heavy atom. The molecule has 0 heterocycles. The number of hydrogen-bond acceptors (Lipinski definition) is 5. The Labute approximate surface area is 182 Å². The van der Waals surface area contributed by atoms with Gasteiger partial charge in [0.1, 0.15) is 11.5 Å². The van der Waals surface area contributed by atoms with Gasteiger partial charge in [0.15, 0.2) is 6.61 Å². The van der Waals surface area contributed by atoms with E-state index in [0.717, 1.165) is 17.7 Å². The second kappa shape index (κ2) is 9.99. The molecule has 0 aliphatic carbocycles. The number of aryl methyl sites for hydroxylation is 1. The smallest absolute Gasteiger partial charge is 0.262 e. The van der Waals surface area contributed by atoms with Gasteiger partial charge >= 0.3 is 0 Å². The van der Waals surface area contributed by atoms with Crippen molar-refractivity contribution in [2.24, 2.45) is 0 Å². The molecule has 0 aliphatic rings. The maximum atomic E-state index is 12.6. The predicted octanol–water partition coefficient (Wildman–Crippen LogP) is 4.08. The van der Waals surface area contributed by atoms with Gasteiger partial charge in [-0.15, -0.1) is 0 Å². The number of ether oxygens (including phenoxy) is 2. The first-order valence-corrected chi connectivity index (χ1v) is 11.2. The van der Waals surface area contributed by atoms with Gasteiger partial charge in [-0.05, 0) is 54.4 Å². The van der Waals surface area contributed by atoms with Crippen LogP contribution in [0.25, 0.3) is 0 Å². The molecule has 3 aromatic carbocycles. The van der Waals surface area contributed by atoms with Crippen LogP contribution in [0.15, 0.2) is 77.7 Å². The third-order valence-electron chi connectivity index (χ3n) is 4.50. The first-order chi connectivity index (χ1) is 14.9. The Kier molecular flexibility index (Phi) is 7.15. The van der Waals surface area contributed by atoms with E-state index in [-0.39, 0.29) is 17.4 Å². The van der Waals surface area contributed by atoms with Gasteiger partial charge in [-0.3, -0.25) is 9.52 Å². The largest absolute Gasteiger partial charge is 0.497 e. The minimum Gasteiger partial charge on any atom is -0.497 e. The summed E-state index contributed by atoms with van der Waals surface area (Å²) in [4.78, 5) is 12.3. The molecule has 3 rings (SSSR count). The van der Waals surface area contributed by atoms with E-state index >= 15 is 0 Å². The summed E-state index contributed by atoms with van der Waals surface area (Å²) in [6, 6.07) is 20.1. The van der Waals surface area contributed by atoms with Crippen molar-refractivity contribution >= 4 is 27.3 Å². The topological polar surface area (TPSA) is 93.7 Å². The number of hydrogen-bond donors (Lipinski definition) is 2. The number of sulfonamides is 1. The van der Waals surface area contributed by atoms with E-state index in [1.54, 1.807) is 24.3 Å². The highest BCUT2D eigenvalue weighted by Crippen LogP contribution is 2.22. The zero-order chi connectivity index (χ0) is 22.3. The number of carbonyl (C=O) groups excluding carboxylic acids is 1. The summed E-state index contributed by atoms with van der Waals surface area (Å²) in [5, 5.41) is 2.82. The normalized spacial score (nSPS) is 10.9. The van der Waals surface area contributed by atoms with Crippen molar-refractivity contribution in [2.75, 3.05) is 23.8 Å². The molecule has 0 aliphatic heterocycles. The number of para-hydroxylation sites is 1. The molecular weight excluding hydrogens is 416 g/mol. The molecule has 3 aromatic rings. The fourth-order valence-corrected chi connectivity index (χ4v) is 3.95. The van der Waals surface area contributed by atoms with Crippen LogP contribution >= 0.6 is 0 Å². The van der Waals surface area contributed by atoms with Crippen LogP contribution in [0.2, 0.25) is 0 Å². The van der Waals surface area contributed by atoms with Gasteiger partial charge in [0.2, 0.25) is 0 Å². The number of benzene rings is 3. The lowest BCUT2D eigenvalue weighted by Crippen LogP contribution is -2.21. The van der Waals surface area contributed by atoms with Gasteiger partial charge in [0, 0.05) is 11.8 Å². The lowest BCUT2D eigenvalue weighted by Gasteiger charge is -2.12. The predicted molar refractivity (Wildman–Crippen MR) is 120 cm³/mol. The third kappa shape index (κ3) is 5.99. The first-order valence-electron chi connectivity index (χ1n) is 9.69. The van der Waals surface area contributed by atoms with Crippen LogP contribution in [0.4, 0.5) is 11.4 Å². The van der Waals surface area contributed by atoms with E-state index in [1.165, 1.54) is 31.4 Å². The molecule has 0 saturated heterocycles. The average molecular weight is 441 g/mol. The van der Waals surface area contributed by atoms with Crippen molar-refractivity contribution in [3.8, 4) is 11.5 Å². The molecule has 7 nitrogen and oxygen atoms in total. The third-order valence-corrected chi connectivity index (χ3v) is 5.90. The number of amides is 1. The van der Waals surface area contributed by atoms with Crippen LogP contribution in [0.5, 0.6) is 11.5 Å². The highest BCUT2D eigenvalue weighted by atomic mass is 32.2.